The van der Waals surface area contributed by atoms with Crippen molar-refractivity contribution >= 4 is 11.9 Å². The molecule has 0 saturated heterocycles. The number of carbonyl (C=O) groups is 2. The van der Waals surface area contributed by atoms with Gasteiger partial charge in [-0.15, -0.1) is 0 Å². The van der Waals surface area contributed by atoms with Crippen LogP contribution in [0.15, 0.2) is 0 Å². The second kappa shape index (κ2) is 8.21. The summed E-state index contributed by atoms with van der Waals surface area (Å²) in [6.45, 7) is 0.825. The Morgan fingerprint density at radius 2 is 1.80 bits per heavy atom. The van der Waals surface area contributed by atoms with E-state index in [0.29, 0.717) is 19.6 Å². The lowest BCUT2D eigenvalue weighted by Gasteiger charge is -2.29. The SMILES string of the molecule is COCCC(NC(=O)C1(CCOC)CCCC1)C(=O)O. The van der Waals surface area contributed by atoms with Gasteiger partial charge in [0.2, 0.25) is 5.91 Å². The molecule has 0 aliphatic heterocycles. The van der Waals surface area contributed by atoms with Gasteiger partial charge >= 0.3 is 5.97 Å². The molecule has 1 aliphatic rings. The number of hydrogen-bond donors (Lipinski definition) is 2. The second-order valence-corrected chi connectivity index (χ2v) is 5.38. The van der Waals surface area contributed by atoms with Crippen LogP contribution in [-0.2, 0) is 19.1 Å². The van der Waals surface area contributed by atoms with E-state index in [2.05, 4.69) is 5.32 Å². The van der Waals surface area contributed by atoms with E-state index in [1.165, 1.54) is 7.11 Å². The average Bonchev–Trinajstić information content (AvgIpc) is 2.90. The first kappa shape index (κ1) is 16.9. The van der Waals surface area contributed by atoms with Gasteiger partial charge in [0, 0.05) is 33.9 Å². The van der Waals surface area contributed by atoms with E-state index >= 15 is 0 Å². The Bertz CT molecular complexity index is 326. The molecule has 0 aromatic heterocycles. The van der Waals surface area contributed by atoms with E-state index in [0.717, 1.165) is 25.7 Å². The van der Waals surface area contributed by atoms with Gasteiger partial charge in [-0.25, -0.2) is 4.79 Å². The number of carbonyl (C=O) groups excluding carboxylic acids is 1. The first-order chi connectivity index (χ1) is 9.55. The maximum atomic E-state index is 12.5. The summed E-state index contributed by atoms with van der Waals surface area (Å²) in [5.41, 5.74) is -0.462. The van der Waals surface area contributed by atoms with Gasteiger partial charge in [-0.1, -0.05) is 12.8 Å². The molecule has 0 heterocycles. The Morgan fingerprint density at radius 3 is 2.30 bits per heavy atom. The summed E-state index contributed by atoms with van der Waals surface area (Å²) in [5, 5.41) is 11.8. The third-order valence-electron chi connectivity index (χ3n) is 4.04. The Morgan fingerprint density at radius 1 is 1.20 bits per heavy atom. The highest BCUT2D eigenvalue weighted by Gasteiger charge is 2.41. The monoisotopic (exact) mass is 287 g/mol. The lowest BCUT2D eigenvalue weighted by molar-refractivity contribution is -0.144. The first-order valence-electron chi connectivity index (χ1n) is 7.07. The van der Waals surface area contributed by atoms with Crippen LogP contribution < -0.4 is 5.32 Å². The van der Waals surface area contributed by atoms with Gasteiger partial charge in [0.1, 0.15) is 6.04 Å². The predicted molar refractivity (Wildman–Crippen MR) is 73.5 cm³/mol. The van der Waals surface area contributed by atoms with Crippen LogP contribution in [0.25, 0.3) is 0 Å². The van der Waals surface area contributed by atoms with Gasteiger partial charge in [-0.05, 0) is 19.3 Å². The number of carboxylic acid groups (broad SMARTS) is 1. The van der Waals surface area contributed by atoms with Crippen molar-refractivity contribution in [3.05, 3.63) is 0 Å². The van der Waals surface area contributed by atoms with Crippen molar-refractivity contribution in [2.45, 2.75) is 44.6 Å². The maximum absolute atomic E-state index is 12.5. The summed E-state index contributed by atoms with van der Waals surface area (Å²) in [5.74, 6) is -1.18. The third kappa shape index (κ3) is 4.45. The lowest BCUT2D eigenvalue weighted by Crippen LogP contribution is -2.48. The molecule has 1 rings (SSSR count). The molecule has 1 amide bonds. The molecular formula is C14H25NO5. The number of nitrogens with one attached hydrogen (secondary N) is 1. The number of ether oxygens (including phenoxy) is 2. The van der Waals surface area contributed by atoms with E-state index in [9.17, 15) is 9.59 Å². The first-order valence-corrected chi connectivity index (χ1v) is 7.07. The molecule has 2 N–H and O–H groups in total. The Kier molecular flexibility index (Phi) is 6.95. The van der Waals surface area contributed by atoms with Crippen molar-refractivity contribution < 1.29 is 24.2 Å². The molecule has 0 spiro atoms. The van der Waals surface area contributed by atoms with Crippen LogP contribution in [-0.4, -0.2) is 50.5 Å². The van der Waals surface area contributed by atoms with Crippen LogP contribution in [0.2, 0.25) is 0 Å². The highest BCUT2D eigenvalue weighted by Crippen LogP contribution is 2.41. The van der Waals surface area contributed by atoms with E-state index in [4.69, 9.17) is 14.6 Å². The number of rotatable bonds is 9. The van der Waals surface area contributed by atoms with Crippen molar-refractivity contribution in [2.75, 3.05) is 27.4 Å². The number of hydrogen-bond acceptors (Lipinski definition) is 4. The average molecular weight is 287 g/mol. The quantitative estimate of drug-likeness (QED) is 0.665. The maximum Gasteiger partial charge on any atom is 0.326 e. The van der Waals surface area contributed by atoms with Crippen molar-refractivity contribution in [1.82, 2.24) is 5.32 Å². The van der Waals surface area contributed by atoms with E-state index < -0.39 is 17.4 Å². The Balaban J connectivity index is 2.66. The molecule has 116 valence electrons. The number of carboxylic acids is 1. The normalized spacial score (nSPS) is 18.7. The predicted octanol–water partition coefficient (Wildman–Crippen LogP) is 1.19. The minimum absolute atomic E-state index is 0.157. The van der Waals surface area contributed by atoms with Crippen LogP contribution in [0, 0.1) is 5.41 Å². The van der Waals surface area contributed by atoms with Crippen molar-refractivity contribution in [3.63, 3.8) is 0 Å². The van der Waals surface area contributed by atoms with Crippen LogP contribution in [0.4, 0.5) is 0 Å². The minimum Gasteiger partial charge on any atom is -0.480 e. The van der Waals surface area contributed by atoms with Crippen LogP contribution in [0.3, 0.4) is 0 Å². The summed E-state index contributed by atoms with van der Waals surface area (Å²) in [7, 11) is 3.12. The molecule has 1 fully saturated rings. The molecule has 20 heavy (non-hydrogen) atoms. The zero-order valence-corrected chi connectivity index (χ0v) is 12.3. The molecular weight excluding hydrogens is 262 g/mol. The summed E-state index contributed by atoms with van der Waals surface area (Å²) >= 11 is 0. The molecule has 1 unspecified atom stereocenters. The van der Waals surface area contributed by atoms with Gasteiger partial charge in [-0.2, -0.15) is 0 Å². The van der Waals surface area contributed by atoms with Crippen LogP contribution >= 0.6 is 0 Å². The largest absolute Gasteiger partial charge is 0.480 e. The number of methoxy groups -OCH3 is 2. The molecule has 1 saturated carbocycles. The standard InChI is InChI=1S/C14H25NO5/c1-19-9-5-11(12(16)17)15-13(18)14(8-10-20-2)6-3-4-7-14/h11H,3-10H2,1-2H3,(H,15,18)(H,16,17). The lowest BCUT2D eigenvalue weighted by atomic mass is 9.81. The fraction of sp³-hybridized carbons (Fsp3) is 0.857. The zero-order chi connectivity index (χ0) is 15.0. The van der Waals surface area contributed by atoms with Gasteiger partial charge in [0.05, 0.1) is 5.41 Å². The summed E-state index contributed by atoms with van der Waals surface area (Å²) in [6, 6.07) is -0.887. The van der Waals surface area contributed by atoms with E-state index in [1.54, 1.807) is 7.11 Å². The molecule has 0 aromatic rings. The second-order valence-electron chi connectivity index (χ2n) is 5.38. The van der Waals surface area contributed by atoms with Crippen molar-refractivity contribution in [1.29, 1.82) is 0 Å². The molecule has 0 radical (unpaired) electrons. The summed E-state index contributed by atoms with van der Waals surface area (Å²) < 4.78 is 9.96. The zero-order valence-electron chi connectivity index (χ0n) is 12.3. The van der Waals surface area contributed by atoms with Gasteiger partial charge in [0.25, 0.3) is 0 Å². The fourth-order valence-electron chi connectivity index (χ4n) is 2.74. The molecule has 0 bridgehead atoms. The van der Waals surface area contributed by atoms with Gasteiger partial charge in [0.15, 0.2) is 0 Å². The van der Waals surface area contributed by atoms with Crippen molar-refractivity contribution in [2.24, 2.45) is 5.41 Å². The van der Waals surface area contributed by atoms with E-state index in [1.807, 2.05) is 0 Å². The molecule has 1 aliphatic carbocycles. The Hall–Kier alpha value is -1.14. The van der Waals surface area contributed by atoms with Crippen molar-refractivity contribution in [3.8, 4) is 0 Å². The third-order valence-corrected chi connectivity index (χ3v) is 4.04. The topological polar surface area (TPSA) is 84.9 Å². The van der Waals surface area contributed by atoms with Gasteiger partial charge in [-0.3, -0.25) is 4.79 Å². The molecule has 0 aromatic carbocycles. The van der Waals surface area contributed by atoms with Crippen LogP contribution in [0.1, 0.15) is 38.5 Å². The molecule has 6 heteroatoms. The fourth-order valence-corrected chi connectivity index (χ4v) is 2.74. The summed E-state index contributed by atoms with van der Waals surface area (Å²) in [6.07, 6.45) is 4.54. The Labute approximate surface area is 119 Å². The molecule has 1 atom stereocenters. The smallest absolute Gasteiger partial charge is 0.326 e. The van der Waals surface area contributed by atoms with Gasteiger partial charge < -0.3 is 19.9 Å². The highest BCUT2D eigenvalue weighted by atomic mass is 16.5. The number of amides is 1. The minimum atomic E-state index is -1.02. The van der Waals surface area contributed by atoms with Crippen LogP contribution in [0.5, 0.6) is 0 Å². The summed E-state index contributed by atoms with van der Waals surface area (Å²) in [4.78, 5) is 23.7. The van der Waals surface area contributed by atoms with E-state index in [-0.39, 0.29) is 12.3 Å². The highest BCUT2D eigenvalue weighted by molar-refractivity contribution is 5.87. The molecule has 6 nitrogen and oxygen atoms in total. The number of aliphatic carboxylic acids is 1.